The topological polar surface area (TPSA) is 52.7 Å². The zero-order chi connectivity index (χ0) is 10.1. The standard InChI is InChI=1S/C9H10N4O/c1-3-4-13-6-10-8-7(9(13)14)5-11-12(8)2/h3,5-6H,1,4H2,2H3. The van der Waals surface area contributed by atoms with Crippen LogP contribution in [0.25, 0.3) is 11.0 Å². The minimum atomic E-state index is -0.0806. The summed E-state index contributed by atoms with van der Waals surface area (Å²) in [5.41, 5.74) is 0.526. The predicted molar refractivity (Wildman–Crippen MR) is 53.0 cm³/mol. The second kappa shape index (κ2) is 3.10. The molecule has 0 amide bonds. The molecule has 0 aromatic carbocycles. The first kappa shape index (κ1) is 8.68. The van der Waals surface area contributed by atoms with Gasteiger partial charge in [-0.1, -0.05) is 6.08 Å². The molecule has 0 unspecified atom stereocenters. The molecule has 2 rings (SSSR count). The molecule has 5 nitrogen and oxygen atoms in total. The van der Waals surface area contributed by atoms with Crippen molar-refractivity contribution in [3.63, 3.8) is 0 Å². The Labute approximate surface area is 80.3 Å². The zero-order valence-electron chi connectivity index (χ0n) is 7.84. The van der Waals surface area contributed by atoms with Gasteiger partial charge in [-0.2, -0.15) is 5.10 Å². The smallest absolute Gasteiger partial charge is 0.264 e. The van der Waals surface area contributed by atoms with Crippen LogP contribution in [0.1, 0.15) is 0 Å². The van der Waals surface area contributed by atoms with Crippen LogP contribution in [0.4, 0.5) is 0 Å². The average Bonchev–Trinajstić information content (AvgIpc) is 2.54. The van der Waals surface area contributed by atoms with E-state index in [4.69, 9.17) is 0 Å². The molecule has 0 aliphatic rings. The van der Waals surface area contributed by atoms with Gasteiger partial charge in [-0.05, 0) is 0 Å². The Morgan fingerprint density at radius 2 is 2.43 bits per heavy atom. The van der Waals surface area contributed by atoms with E-state index < -0.39 is 0 Å². The highest BCUT2D eigenvalue weighted by molar-refractivity contribution is 5.72. The Morgan fingerprint density at radius 1 is 1.64 bits per heavy atom. The summed E-state index contributed by atoms with van der Waals surface area (Å²) in [6.07, 6.45) is 4.70. The molecule has 0 saturated carbocycles. The lowest BCUT2D eigenvalue weighted by molar-refractivity contribution is 0.751. The van der Waals surface area contributed by atoms with Gasteiger partial charge in [0.05, 0.1) is 6.20 Å². The molecule has 14 heavy (non-hydrogen) atoms. The fraction of sp³-hybridized carbons (Fsp3) is 0.222. The molecule has 0 spiro atoms. The molecular formula is C9H10N4O. The van der Waals surface area contributed by atoms with E-state index in [-0.39, 0.29) is 5.56 Å². The summed E-state index contributed by atoms with van der Waals surface area (Å²) in [6.45, 7) is 4.04. The molecule has 0 aliphatic heterocycles. The van der Waals surface area contributed by atoms with Crippen LogP contribution in [-0.4, -0.2) is 19.3 Å². The van der Waals surface area contributed by atoms with Crippen LogP contribution in [0.3, 0.4) is 0 Å². The van der Waals surface area contributed by atoms with Gasteiger partial charge < -0.3 is 0 Å². The highest BCUT2D eigenvalue weighted by Gasteiger charge is 2.06. The van der Waals surface area contributed by atoms with E-state index in [9.17, 15) is 4.79 Å². The lowest BCUT2D eigenvalue weighted by atomic mass is 10.4. The lowest BCUT2D eigenvalue weighted by Gasteiger charge is -2.00. The Bertz CT molecular complexity index is 537. The fourth-order valence-electron chi connectivity index (χ4n) is 1.34. The molecule has 0 bridgehead atoms. The van der Waals surface area contributed by atoms with E-state index in [0.29, 0.717) is 17.6 Å². The van der Waals surface area contributed by atoms with E-state index in [1.54, 1.807) is 17.8 Å². The van der Waals surface area contributed by atoms with Crippen molar-refractivity contribution in [2.45, 2.75) is 6.54 Å². The molecule has 2 aromatic heterocycles. The van der Waals surface area contributed by atoms with E-state index >= 15 is 0 Å². The SMILES string of the molecule is C=CCn1cnc2c(cnn2C)c1=O. The van der Waals surface area contributed by atoms with Crippen LogP contribution in [0.5, 0.6) is 0 Å². The van der Waals surface area contributed by atoms with Gasteiger partial charge in [-0.3, -0.25) is 14.0 Å². The normalized spacial score (nSPS) is 10.6. The highest BCUT2D eigenvalue weighted by Crippen LogP contribution is 2.02. The second-order valence-electron chi connectivity index (χ2n) is 3.00. The number of fused-ring (bicyclic) bond motifs is 1. The molecule has 0 atom stereocenters. The lowest BCUT2D eigenvalue weighted by Crippen LogP contribution is -2.19. The van der Waals surface area contributed by atoms with Gasteiger partial charge in [0.2, 0.25) is 0 Å². The number of allylic oxidation sites excluding steroid dienone is 1. The molecule has 0 fully saturated rings. The van der Waals surface area contributed by atoms with Crippen molar-refractivity contribution in [3.05, 3.63) is 35.5 Å². The van der Waals surface area contributed by atoms with Gasteiger partial charge in [-0.25, -0.2) is 4.98 Å². The predicted octanol–water partition coefficient (Wildman–Crippen LogP) is 0.316. The van der Waals surface area contributed by atoms with Crippen molar-refractivity contribution in [2.75, 3.05) is 0 Å². The number of hydrogen-bond donors (Lipinski definition) is 0. The summed E-state index contributed by atoms with van der Waals surface area (Å²) in [4.78, 5) is 15.9. The van der Waals surface area contributed by atoms with Crippen molar-refractivity contribution in [1.82, 2.24) is 19.3 Å². The van der Waals surface area contributed by atoms with E-state index in [1.807, 2.05) is 0 Å². The first-order valence-corrected chi connectivity index (χ1v) is 4.22. The van der Waals surface area contributed by atoms with E-state index in [0.717, 1.165) is 0 Å². The summed E-state index contributed by atoms with van der Waals surface area (Å²) in [7, 11) is 1.76. The maximum Gasteiger partial charge on any atom is 0.264 e. The quantitative estimate of drug-likeness (QED) is 0.641. The number of rotatable bonds is 2. The van der Waals surface area contributed by atoms with Gasteiger partial charge in [0.15, 0.2) is 5.65 Å². The van der Waals surface area contributed by atoms with Crippen molar-refractivity contribution in [2.24, 2.45) is 7.05 Å². The van der Waals surface area contributed by atoms with E-state index in [2.05, 4.69) is 16.7 Å². The molecule has 2 heterocycles. The molecule has 0 aliphatic carbocycles. The zero-order valence-corrected chi connectivity index (χ0v) is 7.84. The van der Waals surface area contributed by atoms with Crippen LogP contribution in [0.2, 0.25) is 0 Å². The van der Waals surface area contributed by atoms with Gasteiger partial charge in [0.1, 0.15) is 11.7 Å². The summed E-state index contributed by atoms with van der Waals surface area (Å²) in [5, 5.41) is 4.51. The number of aromatic nitrogens is 4. The third kappa shape index (κ3) is 1.14. The third-order valence-electron chi connectivity index (χ3n) is 2.04. The summed E-state index contributed by atoms with van der Waals surface area (Å²) in [6, 6.07) is 0. The number of nitrogens with zero attached hydrogens (tertiary/aromatic N) is 4. The number of hydrogen-bond acceptors (Lipinski definition) is 3. The first-order valence-electron chi connectivity index (χ1n) is 4.22. The molecule has 0 N–H and O–H groups in total. The third-order valence-corrected chi connectivity index (χ3v) is 2.04. The van der Waals surface area contributed by atoms with Crippen LogP contribution < -0.4 is 5.56 Å². The monoisotopic (exact) mass is 190 g/mol. The second-order valence-corrected chi connectivity index (χ2v) is 3.00. The molecule has 5 heteroatoms. The van der Waals surface area contributed by atoms with Crippen LogP contribution in [-0.2, 0) is 13.6 Å². The van der Waals surface area contributed by atoms with Gasteiger partial charge >= 0.3 is 0 Å². The molecule has 0 radical (unpaired) electrons. The largest absolute Gasteiger partial charge is 0.295 e. The minimum Gasteiger partial charge on any atom is -0.295 e. The number of aryl methyl sites for hydroxylation is 1. The summed E-state index contributed by atoms with van der Waals surface area (Å²) < 4.78 is 3.08. The molecule has 72 valence electrons. The summed E-state index contributed by atoms with van der Waals surface area (Å²) in [5.74, 6) is 0. The van der Waals surface area contributed by atoms with Gasteiger partial charge in [0, 0.05) is 13.6 Å². The van der Waals surface area contributed by atoms with Crippen LogP contribution in [0, 0.1) is 0 Å². The van der Waals surface area contributed by atoms with Crippen LogP contribution in [0.15, 0.2) is 30.0 Å². The Balaban J connectivity index is 2.76. The molecule has 2 aromatic rings. The Hall–Kier alpha value is -1.91. The Morgan fingerprint density at radius 3 is 3.14 bits per heavy atom. The van der Waals surface area contributed by atoms with Gasteiger partial charge in [0.25, 0.3) is 5.56 Å². The fourth-order valence-corrected chi connectivity index (χ4v) is 1.34. The van der Waals surface area contributed by atoms with Crippen molar-refractivity contribution >= 4 is 11.0 Å². The van der Waals surface area contributed by atoms with Crippen molar-refractivity contribution < 1.29 is 0 Å². The maximum atomic E-state index is 11.8. The summed E-state index contributed by atoms with van der Waals surface area (Å²) >= 11 is 0. The van der Waals surface area contributed by atoms with E-state index in [1.165, 1.54) is 17.1 Å². The first-order chi connectivity index (χ1) is 6.74. The minimum absolute atomic E-state index is 0.0806. The van der Waals surface area contributed by atoms with Crippen LogP contribution >= 0.6 is 0 Å². The molecule has 0 saturated heterocycles. The van der Waals surface area contributed by atoms with Crippen molar-refractivity contribution in [1.29, 1.82) is 0 Å². The molecular weight excluding hydrogens is 180 g/mol. The highest BCUT2D eigenvalue weighted by atomic mass is 16.1. The maximum absolute atomic E-state index is 11.8. The van der Waals surface area contributed by atoms with Crippen molar-refractivity contribution in [3.8, 4) is 0 Å². The average molecular weight is 190 g/mol. The van der Waals surface area contributed by atoms with Gasteiger partial charge in [-0.15, -0.1) is 6.58 Å². The Kier molecular flexibility index (Phi) is 1.92.